The highest BCUT2D eigenvalue weighted by molar-refractivity contribution is 7.99. The molecule has 0 fully saturated rings. The summed E-state index contributed by atoms with van der Waals surface area (Å²) in [7, 11) is 0. The molecule has 2 aromatic carbocycles. The topological polar surface area (TPSA) is 79.4 Å². The second-order valence-corrected chi connectivity index (χ2v) is 8.58. The molecule has 1 aliphatic heterocycles. The Labute approximate surface area is 193 Å². The van der Waals surface area contributed by atoms with Crippen molar-refractivity contribution < 1.29 is 23.1 Å². The molecule has 2 aromatic heterocycles. The third-order valence-electron chi connectivity index (χ3n) is 5.48. The van der Waals surface area contributed by atoms with Gasteiger partial charge >= 0.3 is 0 Å². The highest BCUT2D eigenvalue weighted by Crippen LogP contribution is 2.36. The van der Waals surface area contributed by atoms with E-state index in [1.165, 1.54) is 23.9 Å². The zero-order chi connectivity index (χ0) is 22.9. The summed E-state index contributed by atoms with van der Waals surface area (Å²) in [6.07, 6.45) is 0. The molecule has 0 spiro atoms. The van der Waals surface area contributed by atoms with Crippen molar-refractivity contribution in [2.24, 2.45) is 0 Å². The largest absolute Gasteiger partial charge is 0.454 e. The number of hydrogen-bond donors (Lipinski definition) is 0. The van der Waals surface area contributed by atoms with Gasteiger partial charge in [0.15, 0.2) is 17.3 Å². The summed E-state index contributed by atoms with van der Waals surface area (Å²) in [5, 5.41) is 8.44. The third kappa shape index (κ3) is 4.36. The van der Waals surface area contributed by atoms with Crippen molar-refractivity contribution in [1.82, 2.24) is 14.8 Å². The molecule has 33 heavy (non-hydrogen) atoms. The quantitative estimate of drug-likeness (QED) is 0.279. The van der Waals surface area contributed by atoms with E-state index in [2.05, 4.69) is 14.8 Å². The van der Waals surface area contributed by atoms with Crippen molar-refractivity contribution in [1.29, 1.82) is 0 Å². The predicted octanol–water partition coefficient (Wildman–Crippen LogP) is 5.05. The molecule has 0 aliphatic carbocycles. The van der Waals surface area contributed by atoms with Crippen molar-refractivity contribution in [3.8, 4) is 23.0 Å². The van der Waals surface area contributed by atoms with Gasteiger partial charge in [0.25, 0.3) is 5.22 Å². The van der Waals surface area contributed by atoms with Gasteiger partial charge in [-0.1, -0.05) is 23.9 Å². The minimum absolute atomic E-state index is 0.0266. The highest BCUT2D eigenvalue weighted by atomic mass is 32.2. The molecule has 3 heterocycles. The molecule has 0 atom stereocenters. The first-order chi connectivity index (χ1) is 16.0. The van der Waals surface area contributed by atoms with Gasteiger partial charge in [-0.3, -0.25) is 4.79 Å². The van der Waals surface area contributed by atoms with Crippen molar-refractivity contribution >= 4 is 17.5 Å². The number of ketones is 1. The fraction of sp³-hybridized carbons (Fsp3) is 0.208. The molecule has 0 N–H and O–H groups in total. The average Bonchev–Trinajstić information content (AvgIpc) is 3.54. The lowest BCUT2D eigenvalue weighted by atomic mass is 10.2. The molecule has 0 amide bonds. The van der Waals surface area contributed by atoms with Crippen molar-refractivity contribution in [2.75, 3.05) is 12.5 Å². The summed E-state index contributed by atoms with van der Waals surface area (Å²) in [5.74, 6) is 1.53. The lowest BCUT2D eigenvalue weighted by Crippen LogP contribution is -2.07. The Hall–Kier alpha value is -3.59. The number of aromatic nitrogens is 3. The zero-order valence-corrected chi connectivity index (χ0v) is 18.8. The van der Waals surface area contributed by atoms with Crippen LogP contribution < -0.4 is 9.47 Å². The molecule has 0 radical (unpaired) electrons. The first-order valence-corrected chi connectivity index (χ1v) is 11.3. The summed E-state index contributed by atoms with van der Waals surface area (Å²) in [4.78, 5) is 12.9. The van der Waals surface area contributed by atoms with E-state index in [-0.39, 0.29) is 24.1 Å². The monoisotopic (exact) mass is 465 g/mol. The molecule has 168 valence electrons. The number of thioether (sulfide) groups is 1. The van der Waals surface area contributed by atoms with Gasteiger partial charge in [0.2, 0.25) is 12.7 Å². The zero-order valence-electron chi connectivity index (χ0n) is 18.0. The summed E-state index contributed by atoms with van der Waals surface area (Å²) in [6, 6.07) is 13.6. The van der Waals surface area contributed by atoms with E-state index in [0.717, 1.165) is 17.0 Å². The van der Waals surface area contributed by atoms with Crippen molar-refractivity contribution in [3.05, 3.63) is 76.9 Å². The summed E-state index contributed by atoms with van der Waals surface area (Å²) in [5.41, 5.74) is 4.17. The lowest BCUT2D eigenvalue weighted by Gasteiger charge is -2.10. The van der Waals surface area contributed by atoms with Crippen LogP contribution in [-0.2, 0) is 6.54 Å². The highest BCUT2D eigenvalue weighted by Gasteiger charge is 2.19. The standard InChI is InChI=1S/C24H20FN3O4S/c1-14-9-19(15(2)28(14)11-16-3-6-18(25)7-4-16)20(29)12-33-24-27-26-23(32-24)17-5-8-21-22(10-17)31-13-30-21/h3-10H,11-13H2,1-2H3. The third-order valence-corrected chi connectivity index (χ3v) is 6.30. The maximum atomic E-state index is 13.2. The Morgan fingerprint density at radius 2 is 1.85 bits per heavy atom. The summed E-state index contributed by atoms with van der Waals surface area (Å²) in [6.45, 7) is 4.63. The van der Waals surface area contributed by atoms with Crippen LogP contribution in [-0.4, -0.2) is 33.1 Å². The molecule has 1 aliphatic rings. The van der Waals surface area contributed by atoms with Crippen molar-refractivity contribution in [2.45, 2.75) is 25.6 Å². The number of hydrogen-bond acceptors (Lipinski definition) is 7. The molecule has 4 aromatic rings. The molecule has 5 rings (SSSR count). The Balaban J connectivity index is 1.26. The van der Waals surface area contributed by atoms with E-state index in [4.69, 9.17) is 13.9 Å². The fourth-order valence-corrected chi connectivity index (χ4v) is 4.36. The van der Waals surface area contributed by atoms with Crippen molar-refractivity contribution in [3.63, 3.8) is 0 Å². The van der Waals surface area contributed by atoms with Gasteiger partial charge in [0.05, 0.1) is 5.75 Å². The number of benzene rings is 2. The van der Waals surface area contributed by atoms with Gasteiger partial charge in [-0.25, -0.2) is 4.39 Å². The molecule has 7 nitrogen and oxygen atoms in total. The lowest BCUT2D eigenvalue weighted by molar-refractivity contribution is 0.102. The van der Waals surface area contributed by atoms with E-state index < -0.39 is 0 Å². The van der Waals surface area contributed by atoms with E-state index in [9.17, 15) is 9.18 Å². The molecule has 9 heteroatoms. The second kappa shape index (κ2) is 8.74. The maximum absolute atomic E-state index is 13.2. The number of halogens is 1. The summed E-state index contributed by atoms with van der Waals surface area (Å²) >= 11 is 1.20. The normalized spacial score (nSPS) is 12.3. The van der Waals surface area contributed by atoms with Crippen LogP contribution in [0.3, 0.4) is 0 Å². The number of aryl methyl sites for hydroxylation is 1. The van der Waals surface area contributed by atoms with Gasteiger partial charge in [-0.05, 0) is 55.8 Å². The number of fused-ring (bicyclic) bond motifs is 1. The molecular formula is C24H20FN3O4S. The Kier molecular flexibility index (Phi) is 5.63. The number of Topliss-reactive ketones (excluding diaryl/α,β-unsaturated/α-hetero) is 1. The number of carbonyl (C=O) groups excluding carboxylic acids is 1. The van der Waals surface area contributed by atoms with Crippen LogP contribution in [0, 0.1) is 19.7 Å². The first kappa shape index (κ1) is 21.3. The van der Waals surface area contributed by atoms with Crippen LogP contribution in [0.15, 0.2) is 58.2 Å². The van der Waals surface area contributed by atoms with E-state index in [1.54, 1.807) is 24.3 Å². The Morgan fingerprint density at radius 3 is 2.67 bits per heavy atom. The minimum Gasteiger partial charge on any atom is -0.454 e. The molecule has 0 saturated carbocycles. The number of nitrogens with zero attached hydrogens (tertiary/aromatic N) is 3. The van der Waals surface area contributed by atoms with Crippen LogP contribution in [0.1, 0.15) is 27.3 Å². The van der Waals surface area contributed by atoms with Gasteiger partial charge in [0, 0.05) is 29.1 Å². The number of ether oxygens (including phenoxy) is 2. The van der Waals surface area contributed by atoms with Gasteiger partial charge < -0.3 is 18.5 Å². The molecule has 0 bridgehead atoms. The summed E-state index contributed by atoms with van der Waals surface area (Å²) < 4.78 is 31.7. The average molecular weight is 466 g/mol. The van der Waals surface area contributed by atoms with E-state index in [0.29, 0.717) is 40.3 Å². The molecule has 0 saturated heterocycles. The van der Waals surface area contributed by atoms with E-state index in [1.807, 2.05) is 26.0 Å². The van der Waals surface area contributed by atoms with E-state index >= 15 is 0 Å². The van der Waals surface area contributed by atoms with Gasteiger partial charge in [-0.15, -0.1) is 10.2 Å². The molecule has 0 unspecified atom stereocenters. The van der Waals surface area contributed by atoms with Crippen LogP contribution in [0.25, 0.3) is 11.5 Å². The predicted molar refractivity (Wildman–Crippen MR) is 120 cm³/mol. The maximum Gasteiger partial charge on any atom is 0.277 e. The first-order valence-electron chi connectivity index (χ1n) is 10.3. The second-order valence-electron chi connectivity index (χ2n) is 7.65. The van der Waals surface area contributed by atoms with Crippen LogP contribution in [0.2, 0.25) is 0 Å². The molecular weight excluding hydrogens is 445 g/mol. The van der Waals surface area contributed by atoms with Crippen LogP contribution in [0.4, 0.5) is 4.39 Å². The van der Waals surface area contributed by atoms with Gasteiger partial charge in [-0.2, -0.15) is 0 Å². The number of rotatable bonds is 7. The SMILES string of the molecule is Cc1cc(C(=O)CSc2nnc(-c3ccc4c(c3)OCO4)o2)c(C)n1Cc1ccc(F)cc1. The minimum atomic E-state index is -0.268. The Bertz CT molecular complexity index is 1330. The fourth-order valence-electron chi connectivity index (χ4n) is 3.72. The smallest absolute Gasteiger partial charge is 0.277 e. The van der Waals surface area contributed by atoms with Crippen LogP contribution >= 0.6 is 11.8 Å². The Morgan fingerprint density at radius 1 is 1.06 bits per heavy atom. The van der Waals surface area contributed by atoms with Gasteiger partial charge in [0.1, 0.15) is 5.82 Å². The van der Waals surface area contributed by atoms with Crippen LogP contribution in [0.5, 0.6) is 11.5 Å². The number of carbonyl (C=O) groups is 1.